The molecule has 0 aliphatic heterocycles. The Morgan fingerprint density at radius 1 is 1.26 bits per heavy atom. The molecule has 0 aliphatic carbocycles. The molecule has 1 amide bonds. The van der Waals surface area contributed by atoms with Gasteiger partial charge in [-0.15, -0.1) is 0 Å². The number of hydrogen-bond donors (Lipinski definition) is 2. The van der Waals surface area contributed by atoms with Gasteiger partial charge < -0.3 is 10.4 Å². The molecule has 0 atom stereocenters. The second kappa shape index (κ2) is 9.04. The summed E-state index contributed by atoms with van der Waals surface area (Å²) >= 11 is 6.25. The van der Waals surface area contributed by atoms with Crippen LogP contribution in [0.3, 0.4) is 0 Å². The number of nitrogens with one attached hydrogen (secondary N) is 1. The summed E-state index contributed by atoms with van der Waals surface area (Å²) in [5.74, 6) is 0.349. The third-order valence-electron chi connectivity index (χ3n) is 4.68. The highest BCUT2D eigenvalue weighted by molar-refractivity contribution is 7.88. The first-order chi connectivity index (χ1) is 14.6. The molecule has 3 aromatic rings. The Labute approximate surface area is 184 Å². The predicted octanol–water partition coefficient (Wildman–Crippen LogP) is 2.24. The minimum atomic E-state index is -3.38. The molecule has 31 heavy (non-hydrogen) atoms. The van der Waals surface area contributed by atoms with Crippen molar-refractivity contribution in [3.63, 3.8) is 0 Å². The third kappa shape index (κ3) is 5.22. The average Bonchev–Trinajstić information content (AvgIpc) is 2.67. The highest BCUT2D eigenvalue weighted by atomic mass is 35.5. The van der Waals surface area contributed by atoms with E-state index in [0.717, 1.165) is 6.26 Å². The van der Waals surface area contributed by atoms with Gasteiger partial charge in [-0.05, 0) is 29.8 Å². The van der Waals surface area contributed by atoms with Crippen LogP contribution < -0.4 is 10.9 Å². The lowest BCUT2D eigenvalue weighted by atomic mass is 10.1. The fourth-order valence-electron chi connectivity index (χ4n) is 3.12. The first-order valence-corrected chi connectivity index (χ1v) is 11.5. The number of nitrogens with zero attached hydrogens (tertiary/aromatic N) is 3. The van der Waals surface area contributed by atoms with Gasteiger partial charge in [0.05, 0.1) is 27.9 Å². The molecule has 1 aromatic heterocycles. The van der Waals surface area contributed by atoms with Gasteiger partial charge in [0.15, 0.2) is 0 Å². The highest BCUT2D eigenvalue weighted by Crippen LogP contribution is 2.21. The summed E-state index contributed by atoms with van der Waals surface area (Å²) < 4.78 is 26.1. The molecular weight excluding hydrogens is 444 g/mol. The Morgan fingerprint density at radius 2 is 1.97 bits per heavy atom. The van der Waals surface area contributed by atoms with Crippen LogP contribution in [0.4, 0.5) is 4.79 Å². The number of benzene rings is 2. The number of sulfonamides is 1. The highest BCUT2D eigenvalue weighted by Gasteiger charge is 2.17. The van der Waals surface area contributed by atoms with E-state index in [4.69, 9.17) is 16.7 Å². The monoisotopic (exact) mass is 464 g/mol. The van der Waals surface area contributed by atoms with Crippen molar-refractivity contribution in [2.75, 3.05) is 19.8 Å². The minimum Gasteiger partial charge on any atom is -0.465 e. The molecule has 11 heteroatoms. The molecule has 0 saturated carbocycles. The summed E-state index contributed by atoms with van der Waals surface area (Å²) in [6.45, 7) is 0.184. The Morgan fingerprint density at radius 3 is 2.65 bits per heavy atom. The molecular formula is C20H21ClN4O5S. The van der Waals surface area contributed by atoms with Gasteiger partial charge in [-0.3, -0.25) is 9.36 Å². The summed E-state index contributed by atoms with van der Waals surface area (Å²) in [5, 5.41) is 11.6. The number of carbonyl (C=O) groups is 1. The number of amides is 1. The number of carboxylic acid groups (broad SMARTS) is 1. The van der Waals surface area contributed by atoms with Crippen LogP contribution in [0.2, 0.25) is 5.02 Å². The van der Waals surface area contributed by atoms with Crippen molar-refractivity contribution in [1.29, 1.82) is 0 Å². The van der Waals surface area contributed by atoms with Gasteiger partial charge in [0, 0.05) is 26.6 Å². The number of fused-ring (bicyclic) bond motifs is 1. The second-order valence-electron chi connectivity index (χ2n) is 6.97. The topological polar surface area (TPSA) is 122 Å². The van der Waals surface area contributed by atoms with Crippen molar-refractivity contribution in [2.45, 2.75) is 13.0 Å². The molecule has 9 nitrogen and oxygen atoms in total. The lowest BCUT2D eigenvalue weighted by Crippen LogP contribution is -2.29. The number of halogens is 1. The van der Waals surface area contributed by atoms with E-state index in [1.807, 2.05) is 0 Å². The molecule has 0 bridgehead atoms. The maximum absolute atomic E-state index is 13.4. The van der Waals surface area contributed by atoms with E-state index in [9.17, 15) is 18.0 Å². The molecule has 0 spiro atoms. The van der Waals surface area contributed by atoms with Gasteiger partial charge >= 0.3 is 6.09 Å². The number of rotatable bonds is 7. The zero-order chi connectivity index (χ0) is 22.8. The van der Waals surface area contributed by atoms with E-state index in [1.165, 1.54) is 15.9 Å². The van der Waals surface area contributed by atoms with E-state index in [-0.39, 0.29) is 29.9 Å². The molecule has 0 aliphatic rings. The van der Waals surface area contributed by atoms with Gasteiger partial charge in [0.1, 0.15) is 5.82 Å². The van der Waals surface area contributed by atoms with Crippen LogP contribution in [0.25, 0.3) is 16.6 Å². The van der Waals surface area contributed by atoms with Crippen molar-refractivity contribution in [3.8, 4) is 5.69 Å². The van der Waals surface area contributed by atoms with Crippen molar-refractivity contribution < 1.29 is 18.3 Å². The van der Waals surface area contributed by atoms with Crippen LogP contribution >= 0.6 is 11.6 Å². The third-order valence-corrected chi connectivity index (χ3v) is 6.26. The summed E-state index contributed by atoms with van der Waals surface area (Å²) in [7, 11) is -1.91. The first-order valence-electron chi connectivity index (χ1n) is 9.25. The Balaban J connectivity index is 2.14. The summed E-state index contributed by atoms with van der Waals surface area (Å²) in [6, 6.07) is 11.8. The number of hydrogen-bond acceptors (Lipinski definition) is 5. The lowest BCUT2D eigenvalue weighted by molar-refractivity contribution is 0.194. The van der Waals surface area contributed by atoms with Gasteiger partial charge in [-0.1, -0.05) is 29.8 Å². The van der Waals surface area contributed by atoms with Crippen molar-refractivity contribution in [3.05, 3.63) is 69.2 Å². The van der Waals surface area contributed by atoms with E-state index in [1.54, 1.807) is 42.5 Å². The fourth-order valence-corrected chi connectivity index (χ4v) is 3.75. The van der Waals surface area contributed by atoms with Gasteiger partial charge in [-0.25, -0.2) is 22.5 Å². The van der Waals surface area contributed by atoms with Crippen LogP contribution in [-0.2, 0) is 23.0 Å². The molecule has 0 saturated heterocycles. The zero-order valence-electron chi connectivity index (χ0n) is 16.9. The molecule has 1 heterocycles. The van der Waals surface area contributed by atoms with Crippen LogP contribution in [0.15, 0.2) is 47.3 Å². The Bertz CT molecular complexity index is 1310. The molecule has 0 unspecified atom stereocenters. The van der Waals surface area contributed by atoms with E-state index < -0.39 is 21.7 Å². The Kier molecular flexibility index (Phi) is 6.63. The molecule has 0 fully saturated rings. The van der Waals surface area contributed by atoms with Gasteiger partial charge in [-0.2, -0.15) is 0 Å². The standard InChI is InChI=1S/C20H21ClN4O5S/c1-24(31(2,29)30)12-13-5-3-6-14(11-13)25-17(9-10-22-20(27)28)23-16-8-4-7-15(21)18(16)19(25)26/h3-8,11,22H,9-10,12H2,1-2H3,(H,27,28). The Hall–Kier alpha value is -2.95. The molecule has 0 radical (unpaired) electrons. The number of aromatic nitrogens is 2. The van der Waals surface area contributed by atoms with Gasteiger partial charge in [0.25, 0.3) is 5.56 Å². The maximum atomic E-state index is 13.4. The van der Waals surface area contributed by atoms with Crippen LogP contribution in [0, 0.1) is 0 Å². The fraction of sp³-hybridized carbons (Fsp3) is 0.250. The summed E-state index contributed by atoms with van der Waals surface area (Å²) in [5.41, 5.74) is 1.16. The van der Waals surface area contributed by atoms with E-state index in [0.29, 0.717) is 22.6 Å². The minimum absolute atomic E-state index is 0.0599. The lowest BCUT2D eigenvalue weighted by Gasteiger charge is -2.17. The van der Waals surface area contributed by atoms with Crippen molar-refractivity contribution >= 4 is 38.6 Å². The molecule has 164 valence electrons. The quantitative estimate of drug-likeness (QED) is 0.553. The van der Waals surface area contributed by atoms with Crippen molar-refractivity contribution in [1.82, 2.24) is 19.2 Å². The largest absolute Gasteiger partial charge is 0.465 e. The molecule has 2 aromatic carbocycles. The van der Waals surface area contributed by atoms with Crippen LogP contribution in [-0.4, -0.2) is 53.3 Å². The van der Waals surface area contributed by atoms with E-state index >= 15 is 0 Å². The molecule has 2 N–H and O–H groups in total. The van der Waals surface area contributed by atoms with Crippen LogP contribution in [0.5, 0.6) is 0 Å². The smallest absolute Gasteiger partial charge is 0.404 e. The average molecular weight is 465 g/mol. The normalized spacial score (nSPS) is 11.7. The van der Waals surface area contributed by atoms with Gasteiger partial charge in [0.2, 0.25) is 10.0 Å². The molecule has 3 rings (SSSR count). The second-order valence-corrected chi connectivity index (χ2v) is 9.47. The summed E-state index contributed by atoms with van der Waals surface area (Å²) in [4.78, 5) is 28.7. The summed E-state index contributed by atoms with van der Waals surface area (Å²) in [6.07, 6.45) is 0.102. The van der Waals surface area contributed by atoms with Crippen molar-refractivity contribution in [2.24, 2.45) is 0 Å². The maximum Gasteiger partial charge on any atom is 0.404 e. The SMILES string of the molecule is CN(Cc1cccc(-n2c(CCNC(=O)O)nc3cccc(Cl)c3c2=O)c1)S(C)(=O)=O. The van der Waals surface area contributed by atoms with Crippen LogP contribution in [0.1, 0.15) is 11.4 Å². The first kappa shape index (κ1) is 22.7. The predicted molar refractivity (Wildman–Crippen MR) is 118 cm³/mol. The van der Waals surface area contributed by atoms with E-state index in [2.05, 4.69) is 10.3 Å². The zero-order valence-corrected chi connectivity index (χ0v) is 18.4.